The second-order valence-electron chi connectivity index (χ2n) is 20.6. The molecule has 4 heterocycles. The summed E-state index contributed by atoms with van der Waals surface area (Å²) in [4.78, 5) is 30.1. The van der Waals surface area contributed by atoms with Crippen molar-refractivity contribution in [2.24, 2.45) is 11.8 Å². The molecule has 2 saturated heterocycles. The van der Waals surface area contributed by atoms with Gasteiger partial charge < -0.3 is 34.7 Å². The van der Waals surface area contributed by atoms with Crippen LogP contribution in [0.2, 0.25) is 0 Å². The van der Waals surface area contributed by atoms with Crippen molar-refractivity contribution in [2.45, 2.75) is 103 Å². The number of piperidine rings is 1. The third kappa shape index (κ3) is 12.5. The number of rotatable bonds is 18. The fraction of sp³-hybridized carbons (Fsp3) is 0.456. The highest BCUT2D eigenvalue weighted by Gasteiger charge is 2.36. The molecule has 17 heteroatoms. The van der Waals surface area contributed by atoms with Gasteiger partial charge in [-0.1, -0.05) is 76.6 Å². The Morgan fingerprint density at radius 3 is 2.34 bits per heavy atom. The van der Waals surface area contributed by atoms with Crippen molar-refractivity contribution in [2.75, 3.05) is 75.8 Å². The van der Waals surface area contributed by atoms with E-state index in [2.05, 4.69) is 111 Å². The van der Waals surface area contributed by atoms with E-state index in [1.54, 1.807) is 26.2 Å². The number of amides is 1. The van der Waals surface area contributed by atoms with E-state index in [0.717, 1.165) is 87.9 Å². The van der Waals surface area contributed by atoms with Gasteiger partial charge in [0, 0.05) is 81.4 Å². The van der Waals surface area contributed by atoms with E-state index in [1.165, 1.54) is 49.0 Å². The smallest absolute Gasteiger partial charge is 0.268 e. The number of ether oxygens (including phenoxy) is 3. The Balaban J connectivity index is 1.04. The number of hydroxylamine groups is 1. The standard InChI is InChI=1S/C57H72FN8O7S/c1-36(2)46-12-10-11-13-47(46)51-35-64(34-42-19-16-38(4)52(28-42)71-8)26-27-66(51)43-22-24-65(25-23-43)44-20-21-48(53(29-44)73-54-31-49(39(5)58)40(6)61-57(54)72-9)56(67)62-74(69,70)45-30-50(63(7)68)55(60-33-45)59-32-41-17-14-37(3)15-18-41/h10-13,16,19-21,28-31,33,36-37,41,43,51H,5,14-15,17-18,22-27,32,34-35H2,1-4,6-9H3,(H,59,60)(H,62,67)/q-1/t37?,41?,51-/m0/s1. The van der Waals surface area contributed by atoms with Gasteiger partial charge >= 0.3 is 0 Å². The molecule has 3 aromatic carbocycles. The number of carbonyl (C=O) groups is 1. The summed E-state index contributed by atoms with van der Waals surface area (Å²) in [5.41, 5.74) is 6.07. The van der Waals surface area contributed by atoms with Crippen LogP contribution in [0, 0.1) is 30.9 Å². The molecular weight excluding hydrogens is 960 g/mol. The van der Waals surface area contributed by atoms with Crippen LogP contribution in [0.3, 0.4) is 0 Å². The summed E-state index contributed by atoms with van der Waals surface area (Å²) >= 11 is 0. The van der Waals surface area contributed by atoms with E-state index >= 15 is 0 Å². The van der Waals surface area contributed by atoms with Crippen molar-refractivity contribution >= 4 is 38.9 Å². The van der Waals surface area contributed by atoms with E-state index in [1.807, 2.05) is 0 Å². The van der Waals surface area contributed by atoms with Crippen molar-refractivity contribution < 1.29 is 31.8 Å². The second-order valence-corrected chi connectivity index (χ2v) is 22.3. The van der Waals surface area contributed by atoms with Crippen LogP contribution in [0.5, 0.6) is 23.1 Å². The molecule has 2 aliphatic heterocycles. The number of piperazine rings is 1. The molecule has 3 fully saturated rings. The van der Waals surface area contributed by atoms with E-state index in [0.29, 0.717) is 54.2 Å². The average molecular weight is 1030 g/mol. The van der Waals surface area contributed by atoms with Gasteiger partial charge in [0.05, 0.1) is 31.2 Å². The number of aryl methyl sites for hydroxylation is 2. The Hall–Kier alpha value is -6.27. The third-order valence-corrected chi connectivity index (χ3v) is 16.4. The molecule has 0 radical (unpaired) electrons. The summed E-state index contributed by atoms with van der Waals surface area (Å²) in [7, 11) is -0.206. The SMILES string of the molecule is C=C(F)c1cc(Oc2cc(N3CCC(N4CCN(Cc5ccc(C)c(OC)c5)C[C@H]4c4ccccc4C(C)C)CC3)ccc2C(=O)NS(=O)(=O)c2cnc(NCC3CCC(C)CC3)c(N(C)[O-])c2)c(OC)nc1C. The quantitative estimate of drug-likeness (QED) is 0.0797. The minimum absolute atomic E-state index is 0.00815. The second kappa shape index (κ2) is 23.5. The van der Waals surface area contributed by atoms with Crippen LogP contribution in [0.15, 0.2) is 90.5 Å². The number of hydrogen-bond donors (Lipinski definition) is 2. The average Bonchev–Trinajstić information content (AvgIpc) is 3.39. The molecule has 1 amide bonds. The maximum absolute atomic E-state index is 14.7. The predicted octanol–water partition coefficient (Wildman–Crippen LogP) is 10.8. The van der Waals surface area contributed by atoms with E-state index in [4.69, 9.17) is 14.2 Å². The van der Waals surface area contributed by atoms with E-state index in [9.17, 15) is 22.8 Å². The fourth-order valence-electron chi connectivity index (χ4n) is 10.9. The zero-order chi connectivity index (χ0) is 52.8. The predicted molar refractivity (Wildman–Crippen MR) is 291 cm³/mol. The minimum Gasteiger partial charge on any atom is -0.758 e. The van der Waals surface area contributed by atoms with Gasteiger partial charge in [0.25, 0.3) is 21.8 Å². The molecule has 0 bridgehead atoms. The zero-order valence-electron chi connectivity index (χ0n) is 44.1. The first-order valence-electron chi connectivity index (χ1n) is 25.8. The van der Waals surface area contributed by atoms with Crippen LogP contribution in [0.25, 0.3) is 5.83 Å². The first kappa shape index (κ1) is 54.0. The summed E-state index contributed by atoms with van der Waals surface area (Å²) in [5, 5.41) is 16.6. The zero-order valence-corrected chi connectivity index (χ0v) is 44.9. The number of anilines is 3. The number of nitrogens with zero attached hydrogens (tertiary/aromatic N) is 6. The number of benzene rings is 3. The van der Waals surface area contributed by atoms with Crippen LogP contribution in [0.1, 0.15) is 115 Å². The molecule has 1 aliphatic carbocycles. The van der Waals surface area contributed by atoms with Gasteiger partial charge in [0.1, 0.15) is 28.0 Å². The minimum atomic E-state index is -4.58. The van der Waals surface area contributed by atoms with Gasteiger partial charge in [0.15, 0.2) is 5.75 Å². The number of aromatic nitrogens is 2. The van der Waals surface area contributed by atoms with Crippen molar-refractivity contribution in [1.82, 2.24) is 24.5 Å². The van der Waals surface area contributed by atoms with Gasteiger partial charge in [-0.3, -0.25) is 14.6 Å². The molecule has 2 N–H and O–H groups in total. The van der Waals surface area contributed by atoms with Crippen molar-refractivity contribution in [1.29, 1.82) is 0 Å². The number of carbonyl (C=O) groups excluding carboxylic acids is 1. The molecule has 0 spiro atoms. The molecule has 8 rings (SSSR count). The lowest BCUT2D eigenvalue weighted by Crippen LogP contribution is -2.54. The molecule has 396 valence electrons. The van der Waals surface area contributed by atoms with Gasteiger partial charge in [-0.25, -0.2) is 27.5 Å². The maximum Gasteiger partial charge on any atom is 0.268 e. The highest BCUT2D eigenvalue weighted by Crippen LogP contribution is 2.40. The van der Waals surface area contributed by atoms with Crippen molar-refractivity contribution in [3.05, 3.63) is 130 Å². The molecule has 3 aliphatic rings. The van der Waals surface area contributed by atoms with Crippen LogP contribution in [0.4, 0.5) is 21.6 Å². The molecule has 0 unspecified atom stereocenters. The highest BCUT2D eigenvalue weighted by atomic mass is 32.2. The number of nitrogens with one attached hydrogen (secondary N) is 2. The molecular formula is C57H72FN8O7S-. The van der Waals surface area contributed by atoms with Gasteiger partial charge in [-0.2, -0.15) is 0 Å². The maximum atomic E-state index is 14.7. The Morgan fingerprint density at radius 2 is 1.65 bits per heavy atom. The number of methoxy groups -OCH3 is 2. The molecule has 5 aromatic rings. The molecule has 74 heavy (non-hydrogen) atoms. The van der Waals surface area contributed by atoms with E-state index < -0.39 is 21.8 Å². The lowest BCUT2D eigenvalue weighted by atomic mass is 9.83. The van der Waals surface area contributed by atoms with Crippen molar-refractivity contribution in [3.8, 4) is 23.1 Å². The molecule has 2 aromatic heterocycles. The first-order chi connectivity index (χ1) is 35.4. The van der Waals surface area contributed by atoms with Crippen LogP contribution in [-0.4, -0.2) is 101 Å². The van der Waals surface area contributed by atoms with Gasteiger partial charge in [-0.05, 0) is 117 Å². The highest BCUT2D eigenvalue weighted by molar-refractivity contribution is 7.90. The summed E-state index contributed by atoms with van der Waals surface area (Å²) in [5.74, 6) is 0.860. The van der Waals surface area contributed by atoms with E-state index in [-0.39, 0.29) is 50.9 Å². The fourth-order valence-corrected chi connectivity index (χ4v) is 11.8. The van der Waals surface area contributed by atoms with Crippen LogP contribution in [-0.2, 0) is 16.6 Å². The Kier molecular flexibility index (Phi) is 17.2. The first-order valence-corrected chi connectivity index (χ1v) is 27.3. The monoisotopic (exact) mass is 1030 g/mol. The summed E-state index contributed by atoms with van der Waals surface area (Å²) in [6.45, 7) is 19.4. The van der Waals surface area contributed by atoms with Crippen LogP contribution >= 0.6 is 0 Å². The number of sulfonamides is 1. The number of hydrogen-bond acceptors (Lipinski definition) is 14. The Bertz CT molecular complexity index is 2920. The lowest BCUT2D eigenvalue weighted by Gasteiger charge is -2.48. The summed E-state index contributed by atoms with van der Waals surface area (Å²) in [6.07, 6.45) is 7.23. The van der Waals surface area contributed by atoms with Gasteiger partial charge in [-0.15, -0.1) is 0 Å². The summed E-state index contributed by atoms with van der Waals surface area (Å²) in [6, 6.07) is 23.3. The largest absolute Gasteiger partial charge is 0.758 e. The van der Waals surface area contributed by atoms with Crippen LogP contribution < -0.4 is 34.2 Å². The normalized spacial score (nSPS) is 19.0. The number of halogens is 1. The lowest BCUT2D eigenvalue weighted by molar-refractivity contribution is 0.0271. The molecule has 15 nitrogen and oxygen atoms in total. The van der Waals surface area contributed by atoms with Gasteiger partial charge in [0.2, 0.25) is 0 Å². The Labute approximate surface area is 436 Å². The Morgan fingerprint density at radius 1 is 0.905 bits per heavy atom. The summed E-state index contributed by atoms with van der Waals surface area (Å²) < 4.78 is 62.5. The topological polar surface area (TPSA) is 165 Å². The van der Waals surface area contributed by atoms with Crippen molar-refractivity contribution in [3.63, 3.8) is 0 Å². The molecule has 1 saturated carbocycles. The number of pyridine rings is 2. The third-order valence-electron chi connectivity index (χ3n) is 15.1. The molecule has 1 atom stereocenters.